The molecule has 0 radical (unpaired) electrons. The van der Waals surface area contributed by atoms with Crippen molar-refractivity contribution in [3.8, 4) is 5.75 Å². The summed E-state index contributed by atoms with van der Waals surface area (Å²) in [4.78, 5) is 34.2. The molecule has 8 heteroatoms. The molecule has 0 amide bonds. The number of aldehydes is 1. The van der Waals surface area contributed by atoms with Crippen molar-refractivity contribution in [3.63, 3.8) is 0 Å². The van der Waals surface area contributed by atoms with Gasteiger partial charge in [0.15, 0.2) is 11.6 Å². The van der Waals surface area contributed by atoms with E-state index in [1.807, 2.05) is 20.8 Å². The minimum atomic E-state index is -0.511. The van der Waals surface area contributed by atoms with Gasteiger partial charge < -0.3 is 18.9 Å². The number of ether oxygens (including phenoxy) is 4. The Kier molecular flexibility index (Phi) is 17.5. The van der Waals surface area contributed by atoms with Crippen LogP contribution in [0, 0.1) is 5.82 Å². The van der Waals surface area contributed by atoms with Crippen LogP contribution in [0.3, 0.4) is 0 Å². The van der Waals surface area contributed by atoms with E-state index in [1.165, 1.54) is 12.1 Å². The third-order valence-corrected chi connectivity index (χ3v) is 5.44. The molecule has 0 aromatic heterocycles. The van der Waals surface area contributed by atoms with Gasteiger partial charge in [0.05, 0.1) is 26.4 Å². The number of unbranched alkanes of at least 4 members (excludes halogenated alkanes) is 6. The lowest BCUT2D eigenvalue weighted by atomic mass is 10.1. The molecule has 0 N–H and O–H groups in total. The van der Waals surface area contributed by atoms with Crippen molar-refractivity contribution in [2.45, 2.75) is 97.0 Å². The maximum Gasteiger partial charge on any atom is 0.306 e. The standard InChI is InChI=1S/C29H45FO7/c1-29(2,3)37-28(33)13-11-17-34-20-21-35-19-16-25(32)12-9-7-5-4-6-8-10-18-36-27-15-14-24(23-31)22-26(27)30/h14-15,22-23H,4-13,16-21H2,1-3H3. The number of Topliss-reactive ketones (excluding diaryl/α,β-unsaturated/α-hetero) is 1. The van der Waals surface area contributed by atoms with Crippen LogP contribution in [0.5, 0.6) is 5.75 Å². The summed E-state index contributed by atoms with van der Waals surface area (Å²) >= 11 is 0. The van der Waals surface area contributed by atoms with E-state index < -0.39 is 11.4 Å². The van der Waals surface area contributed by atoms with E-state index in [-0.39, 0.29) is 17.5 Å². The number of carbonyl (C=O) groups is 3. The van der Waals surface area contributed by atoms with Crippen molar-refractivity contribution in [1.82, 2.24) is 0 Å². The van der Waals surface area contributed by atoms with Crippen molar-refractivity contribution in [2.24, 2.45) is 0 Å². The van der Waals surface area contributed by atoms with Crippen LogP contribution in [0.2, 0.25) is 0 Å². The molecule has 0 saturated heterocycles. The van der Waals surface area contributed by atoms with Crippen LogP contribution in [0.15, 0.2) is 18.2 Å². The lowest BCUT2D eigenvalue weighted by molar-refractivity contribution is -0.155. The van der Waals surface area contributed by atoms with E-state index in [2.05, 4.69) is 0 Å². The van der Waals surface area contributed by atoms with Gasteiger partial charge in [-0.1, -0.05) is 32.1 Å². The Bertz CT molecular complexity index is 789. The average Bonchev–Trinajstić information content (AvgIpc) is 2.83. The zero-order valence-electron chi connectivity index (χ0n) is 22.9. The highest BCUT2D eigenvalue weighted by Gasteiger charge is 2.15. The van der Waals surface area contributed by atoms with E-state index >= 15 is 0 Å². The van der Waals surface area contributed by atoms with Gasteiger partial charge >= 0.3 is 5.97 Å². The summed E-state index contributed by atoms with van der Waals surface area (Å²) in [5, 5.41) is 0. The van der Waals surface area contributed by atoms with Gasteiger partial charge in [-0.15, -0.1) is 0 Å². The molecular weight excluding hydrogens is 479 g/mol. The Hall–Kier alpha value is -2.32. The third-order valence-electron chi connectivity index (χ3n) is 5.44. The molecule has 1 aromatic carbocycles. The van der Waals surface area contributed by atoms with Crippen molar-refractivity contribution >= 4 is 18.0 Å². The summed E-state index contributed by atoms with van der Waals surface area (Å²) < 4.78 is 35.3. The van der Waals surface area contributed by atoms with Crippen molar-refractivity contribution in [2.75, 3.05) is 33.0 Å². The van der Waals surface area contributed by atoms with Crippen LogP contribution in [0.25, 0.3) is 0 Å². The quantitative estimate of drug-likeness (QED) is 0.101. The number of esters is 1. The van der Waals surface area contributed by atoms with Gasteiger partial charge in [0.25, 0.3) is 0 Å². The molecule has 1 rings (SSSR count). The normalized spacial score (nSPS) is 11.4. The summed E-state index contributed by atoms with van der Waals surface area (Å²) in [6.45, 7) is 7.76. The van der Waals surface area contributed by atoms with Crippen molar-refractivity contribution in [3.05, 3.63) is 29.6 Å². The molecule has 0 fully saturated rings. The predicted octanol–water partition coefficient (Wildman–Crippen LogP) is 6.25. The molecule has 37 heavy (non-hydrogen) atoms. The summed E-state index contributed by atoms with van der Waals surface area (Å²) in [7, 11) is 0. The van der Waals surface area contributed by atoms with Crippen LogP contribution in [0.4, 0.5) is 4.39 Å². The molecule has 0 bridgehead atoms. The fraction of sp³-hybridized carbons (Fsp3) is 0.690. The first kappa shape index (κ1) is 32.7. The second-order valence-electron chi connectivity index (χ2n) is 10.1. The molecule has 0 heterocycles. The molecule has 0 aliphatic carbocycles. The average molecular weight is 525 g/mol. The first-order valence-corrected chi connectivity index (χ1v) is 13.5. The van der Waals surface area contributed by atoms with E-state index in [0.717, 1.165) is 44.9 Å². The molecule has 210 valence electrons. The number of rotatable bonds is 22. The van der Waals surface area contributed by atoms with Gasteiger partial charge in [0.2, 0.25) is 0 Å². The van der Waals surface area contributed by atoms with Crippen LogP contribution in [-0.2, 0) is 23.8 Å². The molecule has 0 aliphatic rings. The number of ketones is 1. The van der Waals surface area contributed by atoms with Crippen molar-refractivity contribution in [1.29, 1.82) is 0 Å². The largest absolute Gasteiger partial charge is 0.491 e. The molecular formula is C29H45FO7. The lowest BCUT2D eigenvalue weighted by Gasteiger charge is -2.19. The molecule has 0 unspecified atom stereocenters. The fourth-order valence-electron chi connectivity index (χ4n) is 3.54. The van der Waals surface area contributed by atoms with Gasteiger partial charge in [-0.05, 0) is 58.2 Å². The molecule has 0 spiro atoms. The number of carbonyl (C=O) groups excluding carboxylic acids is 3. The smallest absolute Gasteiger partial charge is 0.306 e. The molecule has 7 nitrogen and oxygen atoms in total. The second kappa shape index (κ2) is 19.7. The van der Waals surface area contributed by atoms with E-state index in [0.29, 0.717) is 70.6 Å². The lowest BCUT2D eigenvalue weighted by Crippen LogP contribution is -2.23. The first-order chi connectivity index (χ1) is 17.7. The monoisotopic (exact) mass is 524 g/mol. The Morgan fingerprint density at radius 1 is 0.784 bits per heavy atom. The summed E-state index contributed by atoms with van der Waals surface area (Å²) in [5.74, 6) is -0.320. The van der Waals surface area contributed by atoms with Gasteiger partial charge in [-0.25, -0.2) is 4.39 Å². The van der Waals surface area contributed by atoms with Gasteiger partial charge in [-0.2, -0.15) is 0 Å². The predicted molar refractivity (Wildman–Crippen MR) is 141 cm³/mol. The van der Waals surface area contributed by atoms with Crippen LogP contribution in [-0.4, -0.2) is 56.7 Å². The van der Waals surface area contributed by atoms with Gasteiger partial charge in [-0.3, -0.25) is 14.4 Å². The number of benzene rings is 1. The number of hydrogen-bond donors (Lipinski definition) is 0. The SMILES string of the molecule is CC(C)(C)OC(=O)CCCOCCOCCC(=O)CCCCCCCCCOc1ccc(C=O)cc1F. The second-order valence-corrected chi connectivity index (χ2v) is 10.1. The molecule has 0 aliphatic heterocycles. The van der Waals surface area contributed by atoms with E-state index in [9.17, 15) is 18.8 Å². The Morgan fingerprint density at radius 2 is 1.43 bits per heavy atom. The van der Waals surface area contributed by atoms with E-state index in [1.54, 1.807) is 6.07 Å². The third kappa shape index (κ3) is 18.6. The first-order valence-electron chi connectivity index (χ1n) is 13.5. The summed E-state index contributed by atoms with van der Waals surface area (Å²) in [6.07, 6.45) is 9.67. The van der Waals surface area contributed by atoms with Crippen molar-refractivity contribution < 1.29 is 37.7 Å². The molecule has 0 atom stereocenters. The van der Waals surface area contributed by atoms with Crippen LogP contribution in [0.1, 0.15) is 102 Å². The van der Waals surface area contributed by atoms with Crippen LogP contribution >= 0.6 is 0 Å². The fourth-order valence-corrected chi connectivity index (χ4v) is 3.54. The Balaban J connectivity index is 1.84. The number of halogens is 1. The highest BCUT2D eigenvalue weighted by molar-refractivity contribution is 5.78. The maximum absolute atomic E-state index is 13.7. The van der Waals surface area contributed by atoms with Crippen LogP contribution < -0.4 is 4.74 Å². The minimum Gasteiger partial charge on any atom is -0.491 e. The molecule has 0 saturated carbocycles. The topological polar surface area (TPSA) is 88.1 Å². The van der Waals surface area contributed by atoms with Gasteiger partial charge in [0.1, 0.15) is 17.7 Å². The Labute approximate surface area is 221 Å². The zero-order valence-corrected chi connectivity index (χ0v) is 22.9. The van der Waals surface area contributed by atoms with Gasteiger partial charge in [0, 0.05) is 31.4 Å². The maximum atomic E-state index is 13.7. The zero-order chi connectivity index (χ0) is 27.4. The minimum absolute atomic E-state index is 0.182. The summed E-state index contributed by atoms with van der Waals surface area (Å²) in [5.41, 5.74) is -0.161. The summed E-state index contributed by atoms with van der Waals surface area (Å²) in [6, 6.07) is 4.20. The van der Waals surface area contributed by atoms with E-state index in [4.69, 9.17) is 18.9 Å². The highest BCUT2D eigenvalue weighted by atomic mass is 19.1. The Morgan fingerprint density at radius 3 is 2.08 bits per heavy atom. The molecule has 1 aromatic rings. The number of hydrogen-bond acceptors (Lipinski definition) is 7. The highest BCUT2D eigenvalue weighted by Crippen LogP contribution is 2.18.